The first kappa shape index (κ1) is 23.5. The Kier molecular flexibility index (Phi) is 6.94. The van der Waals surface area contributed by atoms with Crippen LogP contribution in [0, 0.1) is 0 Å². The van der Waals surface area contributed by atoms with E-state index in [0.29, 0.717) is 0 Å². The molecule has 1 heteroatoms. The fourth-order valence-electron chi connectivity index (χ4n) is 6.60. The Morgan fingerprint density at radius 3 is 1.85 bits per heavy atom. The second-order valence-corrected chi connectivity index (χ2v) is 23.6. The third kappa shape index (κ3) is 4.19. The number of unbranched alkanes of at least 4 members (excludes halogenated alkanes) is 6. The molecule has 3 aromatic rings. The number of benzene rings is 3. The van der Waals surface area contributed by atoms with Crippen LogP contribution >= 0.6 is 0 Å². The van der Waals surface area contributed by atoms with E-state index in [1.54, 1.807) is 51.3 Å². The molecule has 0 bridgehead atoms. The summed E-state index contributed by atoms with van der Waals surface area (Å²) < 4.78 is 3.52. The maximum atomic E-state index is 2.72. The van der Waals surface area contributed by atoms with E-state index < -0.39 is 18.4 Å². The molecule has 0 saturated carbocycles. The standard InChI is InChI=1S/C30H36.2CH3.Sn/c1-3-5-7-9-12-23-16-19-27(22-26(23)13-10-8-6-4-2)28-21-20-25-18-17-24-14-11-15-29(28)30(24)25;;;/h11,14,16,20-22H,3-10,12-13,17-18H2,1-2H3;2*1H3;. The summed E-state index contributed by atoms with van der Waals surface area (Å²) in [6.07, 6.45) is 15.8. The zero-order valence-corrected chi connectivity index (χ0v) is 24.3. The minimum atomic E-state index is -2.65. The van der Waals surface area contributed by atoms with Crippen LogP contribution < -0.4 is 7.16 Å². The van der Waals surface area contributed by atoms with Crippen LogP contribution in [0.5, 0.6) is 0 Å². The molecule has 174 valence electrons. The molecule has 1 aliphatic carbocycles. The molecular formula is C32H42Sn. The molecule has 0 N–H and O–H groups in total. The summed E-state index contributed by atoms with van der Waals surface area (Å²) in [5.41, 5.74) is 9.71. The Labute approximate surface area is 206 Å². The number of rotatable bonds is 10. The van der Waals surface area contributed by atoms with Gasteiger partial charge in [-0.1, -0.05) is 0 Å². The summed E-state index contributed by atoms with van der Waals surface area (Å²) in [6.45, 7) is 4.64. The summed E-state index contributed by atoms with van der Waals surface area (Å²) in [5.74, 6) is 0. The first-order valence-corrected chi connectivity index (χ1v) is 22.4. The van der Waals surface area contributed by atoms with Crippen LogP contribution in [0.1, 0.15) is 87.5 Å². The van der Waals surface area contributed by atoms with Crippen molar-refractivity contribution >= 4 is 36.3 Å². The Morgan fingerprint density at radius 2 is 1.21 bits per heavy atom. The van der Waals surface area contributed by atoms with Gasteiger partial charge < -0.3 is 0 Å². The quantitative estimate of drug-likeness (QED) is 0.179. The van der Waals surface area contributed by atoms with Gasteiger partial charge in [0, 0.05) is 0 Å². The van der Waals surface area contributed by atoms with Gasteiger partial charge in [0.1, 0.15) is 0 Å². The normalized spacial score (nSPS) is 15.3. The van der Waals surface area contributed by atoms with Gasteiger partial charge >= 0.3 is 207 Å². The van der Waals surface area contributed by atoms with Crippen molar-refractivity contribution in [1.82, 2.24) is 0 Å². The van der Waals surface area contributed by atoms with Gasteiger partial charge in [-0.15, -0.1) is 0 Å². The van der Waals surface area contributed by atoms with Crippen LogP contribution in [0.2, 0.25) is 9.88 Å². The van der Waals surface area contributed by atoms with Crippen LogP contribution in [0.15, 0.2) is 36.4 Å². The van der Waals surface area contributed by atoms with Crippen LogP contribution in [-0.2, 0) is 25.7 Å². The van der Waals surface area contributed by atoms with E-state index >= 15 is 0 Å². The van der Waals surface area contributed by atoms with Crippen molar-refractivity contribution in [2.24, 2.45) is 0 Å². The summed E-state index contributed by atoms with van der Waals surface area (Å²) in [7, 11) is 0. The second-order valence-electron chi connectivity index (χ2n) is 11.2. The van der Waals surface area contributed by atoms with Crippen molar-refractivity contribution < 1.29 is 0 Å². The molecule has 5 rings (SSSR count). The van der Waals surface area contributed by atoms with Gasteiger partial charge in [-0.3, -0.25) is 0 Å². The van der Waals surface area contributed by atoms with Gasteiger partial charge in [0.25, 0.3) is 0 Å². The monoisotopic (exact) mass is 546 g/mol. The fraction of sp³-hybridized carbons (Fsp3) is 0.500. The predicted octanol–water partition coefficient (Wildman–Crippen LogP) is 7.99. The molecule has 0 amide bonds. The van der Waals surface area contributed by atoms with Gasteiger partial charge in [-0.05, 0) is 0 Å². The van der Waals surface area contributed by atoms with Crippen molar-refractivity contribution in [3.63, 3.8) is 0 Å². The van der Waals surface area contributed by atoms with Crippen molar-refractivity contribution in [1.29, 1.82) is 0 Å². The van der Waals surface area contributed by atoms with Crippen LogP contribution in [0.4, 0.5) is 0 Å². The summed E-state index contributed by atoms with van der Waals surface area (Å²) in [6, 6.07) is 15.4. The average molecular weight is 545 g/mol. The van der Waals surface area contributed by atoms with Crippen LogP contribution in [-0.4, -0.2) is 18.4 Å². The van der Waals surface area contributed by atoms with Gasteiger partial charge in [0.2, 0.25) is 0 Å². The number of hydrogen-bond donors (Lipinski definition) is 0. The molecule has 0 atom stereocenters. The Bertz CT molecular complexity index is 1160. The number of hydrogen-bond acceptors (Lipinski definition) is 0. The van der Waals surface area contributed by atoms with E-state index in [1.807, 2.05) is 0 Å². The number of fused-ring (bicyclic) bond motifs is 2. The molecule has 0 aromatic heterocycles. The Hall–Kier alpha value is -1.28. The Morgan fingerprint density at radius 1 is 0.606 bits per heavy atom. The molecule has 33 heavy (non-hydrogen) atoms. The molecule has 0 fully saturated rings. The zero-order chi connectivity index (χ0) is 23.0. The van der Waals surface area contributed by atoms with Crippen LogP contribution in [0.25, 0.3) is 21.9 Å². The minimum absolute atomic E-state index is 1.23. The molecule has 0 spiro atoms. The van der Waals surface area contributed by atoms with Crippen molar-refractivity contribution in [2.45, 2.75) is 101 Å². The fourth-order valence-corrected chi connectivity index (χ4v) is 15.4. The topological polar surface area (TPSA) is 0 Å². The molecule has 3 aromatic carbocycles. The molecule has 2 aliphatic rings. The average Bonchev–Trinajstić information content (AvgIpc) is 3.24. The van der Waals surface area contributed by atoms with Crippen molar-refractivity contribution in [3.8, 4) is 11.1 Å². The van der Waals surface area contributed by atoms with E-state index in [0.717, 1.165) is 0 Å². The number of aryl methyl sites for hydroxylation is 4. The summed E-state index contributed by atoms with van der Waals surface area (Å²) in [4.78, 5) is 5.36. The van der Waals surface area contributed by atoms with Gasteiger partial charge in [0.15, 0.2) is 0 Å². The second kappa shape index (κ2) is 9.76. The van der Waals surface area contributed by atoms with E-state index in [9.17, 15) is 0 Å². The molecule has 0 saturated heterocycles. The first-order chi connectivity index (χ1) is 16.1. The molecule has 0 radical (unpaired) electrons. The predicted molar refractivity (Wildman–Crippen MR) is 149 cm³/mol. The molecule has 1 heterocycles. The molecular weight excluding hydrogens is 503 g/mol. The van der Waals surface area contributed by atoms with E-state index in [1.165, 1.54) is 77.0 Å². The maximum absolute atomic E-state index is 2.72. The first-order valence-electron chi connectivity index (χ1n) is 13.8. The summed E-state index contributed by atoms with van der Waals surface area (Å²) >= 11 is -2.65. The van der Waals surface area contributed by atoms with Gasteiger partial charge in [0.05, 0.1) is 0 Å². The van der Waals surface area contributed by atoms with Gasteiger partial charge in [-0.25, -0.2) is 0 Å². The van der Waals surface area contributed by atoms with E-state index in [-0.39, 0.29) is 0 Å². The van der Waals surface area contributed by atoms with Crippen molar-refractivity contribution in [3.05, 3.63) is 58.7 Å². The zero-order valence-electron chi connectivity index (χ0n) is 21.4. The van der Waals surface area contributed by atoms with E-state index in [2.05, 4.69) is 60.1 Å². The van der Waals surface area contributed by atoms with Crippen molar-refractivity contribution in [2.75, 3.05) is 0 Å². The molecule has 0 unspecified atom stereocenters. The van der Waals surface area contributed by atoms with E-state index in [4.69, 9.17) is 0 Å². The Balaban J connectivity index is 1.63. The SMILES string of the molecule is CCCCCCc1cc2[c](cc1CCCCCC)[Sn]([CH3])([CH3])[c]1ccc3c4c(ccc-2c14)CC3. The third-order valence-electron chi connectivity index (χ3n) is 8.57. The molecule has 0 nitrogen and oxygen atoms in total. The van der Waals surface area contributed by atoms with Crippen LogP contribution in [0.3, 0.4) is 0 Å². The third-order valence-corrected chi connectivity index (χ3v) is 18.6. The molecule has 1 aliphatic heterocycles. The summed E-state index contributed by atoms with van der Waals surface area (Å²) in [5, 5.41) is 3.29. The van der Waals surface area contributed by atoms with Gasteiger partial charge in [-0.2, -0.15) is 0 Å².